The normalized spacial score (nSPS) is 15.0. The number of nitrogens with zero attached hydrogens (tertiary/aromatic N) is 1. The molecule has 0 bridgehead atoms. The summed E-state index contributed by atoms with van der Waals surface area (Å²) < 4.78 is 27.4. The fraction of sp³-hybridized carbons (Fsp3) is 0.875. The van der Waals surface area contributed by atoms with E-state index in [1.807, 2.05) is 21.1 Å². The van der Waals surface area contributed by atoms with Crippen LogP contribution < -0.4 is 0 Å². The van der Waals surface area contributed by atoms with E-state index in [0.29, 0.717) is 11.0 Å². The molecule has 0 aliphatic rings. The van der Waals surface area contributed by atoms with Crippen molar-refractivity contribution in [2.75, 3.05) is 47.5 Å². The van der Waals surface area contributed by atoms with Gasteiger partial charge in [-0.1, -0.05) is 57.6 Å². The minimum atomic E-state index is -4.26. The summed E-state index contributed by atoms with van der Waals surface area (Å²) >= 11 is 0. The van der Waals surface area contributed by atoms with Crippen LogP contribution in [0.5, 0.6) is 0 Å². The SMILES string of the molecule is CCCCCC/C=C/CCCCCCCC(=O)O[C@@H](CO)COP(=O)(O)OCC[N+](C)(C)C. The lowest BCUT2D eigenvalue weighted by Gasteiger charge is -2.24. The molecule has 0 saturated carbocycles. The molecule has 0 aliphatic carbocycles. The van der Waals surface area contributed by atoms with Crippen LogP contribution in [0.1, 0.15) is 84.0 Å². The summed E-state index contributed by atoms with van der Waals surface area (Å²) in [6, 6.07) is 0. The first-order valence-electron chi connectivity index (χ1n) is 12.5. The Bertz CT molecular complexity index is 564. The van der Waals surface area contributed by atoms with Gasteiger partial charge in [0, 0.05) is 6.42 Å². The number of likely N-dealkylation sites (N-methyl/N-ethyl adjacent to an activating group) is 1. The number of rotatable bonds is 22. The van der Waals surface area contributed by atoms with E-state index in [2.05, 4.69) is 19.1 Å². The molecule has 0 heterocycles. The van der Waals surface area contributed by atoms with E-state index in [1.165, 1.54) is 32.1 Å². The van der Waals surface area contributed by atoms with Crippen molar-refractivity contribution < 1.29 is 37.6 Å². The molecule has 2 N–H and O–H groups in total. The third-order valence-corrected chi connectivity index (χ3v) is 6.07. The van der Waals surface area contributed by atoms with Crippen molar-refractivity contribution in [2.45, 2.75) is 90.1 Å². The summed E-state index contributed by atoms with van der Waals surface area (Å²) in [6.45, 7) is 1.92. The van der Waals surface area contributed by atoms with Crippen LogP contribution >= 0.6 is 7.82 Å². The standard InChI is InChI=1S/C24H48NO7P/c1-5-6-7-8-9-10-11-12-13-14-15-16-17-18-24(27)32-23(21-26)22-31-33(28,29)30-20-19-25(2,3)4/h10-11,23,26H,5-9,12-22H2,1-4H3/p+1/b11-10+/t23-/m0/s1. The minimum Gasteiger partial charge on any atom is -0.457 e. The van der Waals surface area contributed by atoms with Gasteiger partial charge in [-0.2, -0.15) is 0 Å². The van der Waals surface area contributed by atoms with Crippen molar-refractivity contribution in [1.29, 1.82) is 0 Å². The fourth-order valence-corrected chi connectivity index (χ4v) is 3.74. The molecule has 0 aromatic rings. The number of unbranched alkanes of at least 4 members (excludes halogenated alkanes) is 9. The molecule has 0 amide bonds. The zero-order chi connectivity index (χ0) is 25.0. The highest BCUT2D eigenvalue weighted by molar-refractivity contribution is 7.47. The summed E-state index contributed by atoms with van der Waals surface area (Å²) in [6.07, 6.45) is 16.4. The Hall–Kier alpha value is -0.760. The van der Waals surface area contributed by atoms with Crippen LogP contribution in [-0.4, -0.2) is 74.1 Å². The summed E-state index contributed by atoms with van der Waals surface area (Å²) in [4.78, 5) is 21.7. The highest BCUT2D eigenvalue weighted by Crippen LogP contribution is 2.43. The van der Waals surface area contributed by atoms with E-state index >= 15 is 0 Å². The summed E-state index contributed by atoms with van der Waals surface area (Å²) in [7, 11) is 1.54. The Morgan fingerprint density at radius 1 is 0.939 bits per heavy atom. The predicted octanol–water partition coefficient (Wildman–Crippen LogP) is 4.99. The largest absolute Gasteiger partial charge is 0.472 e. The van der Waals surface area contributed by atoms with Gasteiger partial charge in [0.25, 0.3) is 0 Å². The molecule has 0 aromatic heterocycles. The number of phosphoric acid groups is 1. The first-order chi connectivity index (χ1) is 15.6. The molecule has 0 fully saturated rings. The number of hydrogen-bond acceptors (Lipinski definition) is 6. The quantitative estimate of drug-likeness (QED) is 0.0719. The molecule has 0 aliphatic heterocycles. The van der Waals surface area contributed by atoms with E-state index in [1.54, 1.807) is 0 Å². The number of aliphatic hydroxyl groups is 1. The molecule has 9 heteroatoms. The molecule has 33 heavy (non-hydrogen) atoms. The van der Waals surface area contributed by atoms with Crippen molar-refractivity contribution in [3.63, 3.8) is 0 Å². The van der Waals surface area contributed by atoms with E-state index in [-0.39, 0.29) is 13.0 Å². The van der Waals surface area contributed by atoms with Gasteiger partial charge in [0.2, 0.25) is 0 Å². The van der Waals surface area contributed by atoms with Crippen LogP contribution in [0.4, 0.5) is 0 Å². The maximum Gasteiger partial charge on any atom is 0.472 e. The Morgan fingerprint density at radius 2 is 1.52 bits per heavy atom. The van der Waals surface area contributed by atoms with Crippen molar-refractivity contribution in [3.8, 4) is 0 Å². The minimum absolute atomic E-state index is 0.0518. The van der Waals surface area contributed by atoms with Gasteiger partial charge in [0.1, 0.15) is 19.3 Å². The molecule has 0 aromatic carbocycles. The number of ether oxygens (including phenoxy) is 1. The van der Waals surface area contributed by atoms with Gasteiger partial charge in [-0.3, -0.25) is 13.8 Å². The maximum atomic E-state index is 12.0. The number of carbonyl (C=O) groups excluding carboxylic acids is 1. The first kappa shape index (κ1) is 32.2. The molecule has 0 saturated heterocycles. The van der Waals surface area contributed by atoms with Gasteiger partial charge in [-0.05, 0) is 32.1 Å². The smallest absolute Gasteiger partial charge is 0.457 e. The van der Waals surface area contributed by atoms with Crippen molar-refractivity contribution in [3.05, 3.63) is 12.2 Å². The van der Waals surface area contributed by atoms with E-state index < -0.39 is 33.1 Å². The Kier molecular flexibility index (Phi) is 19.1. The van der Waals surface area contributed by atoms with Crippen molar-refractivity contribution in [2.24, 2.45) is 0 Å². The molecular formula is C24H49NO7P+. The van der Waals surface area contributed by atoms with Gasteiger partial charge in [-0.25, -0.2) is 4.57 Å². The topological polar surface area (TPSA) is 102 Å². The second-order valence-corrected chi connectivity index (χ2v) is 11.0. The van der Waals surface area contributed by atoms with Crippen LogP contribution in [0, 0.1) is 0 Å². The Labute approximate surface area is 201 Å². The summed E-state index contributed by atoms with van der Waals surface area (Å²) in [5.74, 6) is -0.442. The van der Waals surface area contributed by atoms with Crippen LogP contribution in [0.15, 0.2) is 12.2 Å². The molecule has 2 atom stereocenters. The van der Waals surface area contributed by atoms with Crippen molar-refractivity contribution in [1.82, 2.24) is 0 Å². The van der Waals surface area contributed by atoms with Gasteiger partial charge in [0.05, 0.1) is 34.4 Å². The number of quaternary nitrogens is 1. The first-order valence-corrected chi connectivity index (χ1v) is 14.0. The average molecular weight is 495 g/mol. The van der Waals surface area contributed by atoms with Gasteiger partial charge >= 0.3 is 13.8 Å². The summed E-state index contributed by atoms with van der Waals surface area (Å²) in [5, 5.41) is 9.36. The van der Waals surface area contributed by atoms with E-state index in [4.69, 9.17) is 13.8 Å². The van der Waals surface area contributed by atoms with Crippen LogP contribution in [0.25, 0.3) is 0 Å². The maximum absolute atomic E-state index is 12.0. The third kappa shape index (κ3) is 22.8. The predicted molar refractivity (Wildman–Crippen MR) is 132 cm³/mol. The number of aliphatic hydroxyl groups excluding tert-OH is 1. The number of esters is 1. The van der Waals surface area contributed by atoms with E-state index in [0.717, 1.165) is 38.5 Å². The number of carbonyl (C=O) groups is 1. The molecule has 0 radical (unpaired) electrons. The molecular weight excluding hydrogens is 445 g/mol. The van der Waals surface area contributed by atoms with Crippen LogP contribution in [-0.2, 0) is 23.1 Å². The van der Waals surface area contributed by atoms with Crippen LogP contribution in [0.2, 0.25) is 0 Å². The number of allylic oxidation sites excluding steroid dienone is 2. The molecule has 0 spiro atoms. The lowest BCUT2D eigenvalue weighted by atomic mass is 10.1. The second kappa shape index (κ2) is 19.5. The average Bonchev–Trinajstić information content (AvgIpc) is 2.73. The van der Waals surface area contributed by atoms with Crippen molar-refractivity contribution >= 4 is 13.8 Å². The lowest BCUT2D eigenvalue weighted by molar-refractivity contribution is -0.870. The Balaban J connectivity index is 3.81. The van der Waals surface area contributed by atoms with Gasteiger partial charge < -0.3 is 19.2 Å². The van der Waals surface area contributed by atoms with Crippen LogP contribution in [0.3, 0.4) is 0 Å². The third-order valence-electron chi connectivity index (χ3n) is 5.08. The number of phosphoric ester groups is 1. The molecule has 8 nitrogen and oxygen atoms in total. The van der Waals surface area contributed by atoms with E-state index in [9.17, 15) is 19.4 Å². The zero-order valence-electron chi connectivity index (χ0n) is 21.4. The highest BCUT2D eigenvalue weighted by Gasteiger charge is 2.25. The zero-order valence-corrected chi connectivity index (χ0v) is 22.3. The summed E-state index contributed by atoms with van der Waals surface area (Å²) in [5.41, 5.74) is 0. The molecule has 196 valence electrons. The molecule has 0 rings (SSSR count). The lowest BCUT2D eigenvalue weighted by Crippen LogP contribution is -2.37. The fourth-order valence-electron chi connectivity index (χ4n) is 3.00. The monoisotopic (exact) mass is 494 g/mol. The second-order valence-electron chi connectivity index (χ2n) is 9.53. The van der Waals surface area contributed by atoms with Gasteiger partial charge in [0.15, 0.2) is 0 Å². The molecule has 1 unspecified atom stereocenters. The highest BCUT2D eigenvalue weighted by atomic mass is 31.2. The van der Waals surface area contributed by atoms with Gasteiger partial charge in [-0.15, -0.1) is 0 Å². The number of hydrogen-bond donors (Lipinski definition) is 2. The Morgan fingerprint density at radius 3 is 2.09 bits per heavy atom.